The van der Waals surface area contributed by atoms with Crippen LogP contribution in [-0.2, 0) is 16.0 Å². The van der Waals surface area contributed by atoms with Gasteiger partial charge in [0.1, 0.15) is 35.3 Å². The first-order valence-electron chi connectivity index (χ1n) is 15.4. The Kier molecular flexibility index (Phi) is 8.67. The average Bonchev–Trinajstić information content (AvgIpc) is 2.99. The van der Waals surface area contributed by atoms with Crippen LogP contribution < -0.4 is 15.6 Å². The number of fused-ring (bicyclic) bond motifs is 6. The van der Waals surface area contributed by atoms with Gasteiger partial charge in [-0.3, -0.25) is 23.9 Å². The minimum absolute atomic E-state index is 0.0758. The van der Waals surface area contributed by atoms with Crippen molar-refractivity contribution in [3.05, 3.63) is 116 Å². The second-order valence-corrected chi connectivity index (χ2v) is 12.3. The van der Waals surface area contributed by atoms with Gasteiger partial charge in [-0.1, -0.05) is 12.1 Å². The molecule has 1 aromatic heterocycles. The maximum Gasteiger partial charge on any atom is 0.305 e. The SMILES string of the molecule is Cc1cc2cc(c1F)[C@@H](CC(=O)O)NC(=O)[C@@H](n1cc(CCN3CC(F)C3)cc(C)c1=O)c1cc(ccc1F)Oc1cccc(C)c1-2. The number of hydrogen-bond acceptors (Lipinski definition) is 5. The van der Waals surface area contributed by atoms with Crippen molar-refractivity contribution in [2.45, 2.75) is 51.9 Å². The van der Waals surface area contributed by atoms with Gasteiger partial charge in [0.2, 0.25) is 5.91 Å². The topological polar surface area (TPSA) is 101 Å². The van der Waals surface area contributed by atoms with Crippen molar-refractivity contribution in [2.75, 3.05) is 19.6 Å². The predicted octanol–water partition coefficient (Wildman–Crippen LogP) is 5.94. The van der Waals surface area contributed by atoms with Crippen LogP contribution in [-0.4, -0.2) is 52.3 Å². The number of aromatic nitrogens is 1. The first-order valence-corrected chi connectivity index (χ1v) is 15.4. The Hall–Kier alpha value is -4.90. The lowest BCUT2D eigenvalue weighted by molar-refractivity contribution is -0.137. The molecule has 1 amide bonds. The summed E-state index contributed by atoms with van der Waals surface area (Å²) in [5.74, 6) is -3.16. The normalized spacial score (nSPS) is 18.1. The summed E-state index contributed by atoms with van der Waals surface area (Å²) < 4.78 is 52.5. The van der Waals surface area contributed by atoms with E-state index in [-0.39, 0.29) is 22.4 Å². The van der Waals surface area contributed by atoms with Crippen LogP contribution in [0.1, 0.15) is 51.9 Å². The van der Waals surface area contributed by atoms with E-state index >= 15 is 8.78 Å². The van der Waals surface area contributed by atoms with E-state index in [2.05, 4.69) is 5.32 Å². The number of carbonyl (C=O) groups is 2. The average molecular weight is 646 g/mol. The lowest BCUT2D eigenvalue weighted by Gasteiger charge is -2.34. The largest absolute Gasteiger partial charge is 0.481 e. The van der Waals surface area contributed by atoms with Crippen molar-refractivity contribution >= 4 is 11.9 Å². The zero-order chi connectivity index (χ0) is 33.6. The van der Waals surface area contributed by atoms with Crippen LogP contribution in [0.3, 0.4) is 0 Å². The Morgan fingerprint density at radius 2 is 1.74 bits per heavy atom. The third-order valence-corrected chi connectivity index (χ3v) is 8.80. The highest BCUT2D eigenvalue weighted by Gasteiger charge is 2.33. The van der Waals surface area contributed by atoms with Gasteiger partial charge in [0.05, 0.1) is 12.5 Å². The third-order valence-electron chi connectivity index (χ3n) is 8.80. The highest BCUT2D eigenvalue weighted by molar-refractivity contribution is 5.85. The summed E-state index contributed by atoms with van der Waals surface area (Å²) in [5, 5.41) is 12.5. The number of amides is 1. The van der Waals surface area contributed by atoms with Crippen LogP contribution in [0.2, 0.25) is 0 Å². The smallest absolute Gasteiger partial charge is 0.305 e. The molecule has 2 aliphatic heterocycles. The fourth-order valence-corrected chi connectivity index (χ4v) is 6.42. The number of hydrogen-bond donors (Lipinski definition) is 2. The van der Waals surface area contributed by atoms with Crippen molar-refractivity contribution in [1.82, 2.24) is 14.8 Å². The van der Waals surface area contributed by atoms with Crippen LogP contribution in [0.4, 0.5) is 13.2 Å². The van der Waals surface area contributed by atoms with E-state index in [4.69, 9.17) is 4.74 Å². The van der Waals surface area contributed by atoms with Gasteiger partial charge < -0.3 is 15.2 Å². The van der Waals surface area contributed by atoms with Gasteiger partial charge in [-0.15, -0.1) is 0 Å². The summed E-state index contributed by atoms with van der Waals surface area (Å²) in [5.41, 5.74) is 2.25. The van der Waals surface area contributed by atoms with Crippen LogP contribution in [0.15, 0.2) is 65.6 Å². The van der Waals surface area contributed by atoms with Crippen LogP contribution >= 0.6 is 0 Å². The van der Waals surface area contributed by atoms with E-state index in [1.807, 2.05) is 17.9 Å². The summed E-state index contributed by atoms with van der Waals surface area (Å²) in [6, 6.07) is 11.0. The minimum Gasteiger partial charge on any atom is -0.481 e. The molecule has 2 atom stereocenters. The lowest BCUT2D eigenvalue weighted by Crippen LogP contribution is -2.49. The van der Waals surface area contributed by atoms with Crippen LogP contribution in [0.5, 0.6) is 11.5 Å². The molecule has 1 fully saturated rings. The monoisotopic (exact) mass is 645 g/mol. The molecule has 2 N–H and O–H groups in total. The number of nitrogens with one attached hydrogen (secondary N) is 1. The molecule has 11 heteroatoms. The Balaban J connectivity index is 1.56. The molecule has 6 rings (SSSR count). The minimum atomic E-state index is -1.62. The molecular weight excluding hydrogens is 611 g/mol. The number of benzene rings is 3. The second-order valence-electron chi connectivity index (χ2n) is 12.3. The van der Waals surface area contributed by atoms with E-state index in [0.717, 1.165) is 16.2 Å². The number of carboxylic acid groups (broad SMARTS) is 1. The zero-order valence-electron chi connectivity index (χ0n) is 26.1. The van der Waals surface area contributed by atoms with Gasteiger partial charge in [0.15, 0.2) is 0 Å². The van der Waals surface area contributed by atoms with E-state index < -0.39 is 53.7 Å². The number of aliphatic carboxylic acids is 1. The fraction of sp³-hybridized carbons (Fsp3) is 0.306. The highest BCUT2D eigenvalue weighted by Crippen LogP contribution is 2.40. The Labute approximate surface area is 269 Å². The number of ether oxygens (including phenoxy) is 1. The van der Waals surface area contributed by atoms with E-state index in [9.17, 15) is 23.9 Å². The van der Waals surface area contributed by atoms with Crippen molar-refractivity contribution in [2.24, 2.45) is 0 Å². The molecule has 3 aromatic carbocycles. The molecule has 0 unspecified atom stereocenters. The Morgan fingerprint density at radius 1 is 0.979 bits per heavy atom. The molecule has 0 saturated carbocycles. The Bertz CT molecular complexity index is 1950. The molecule has 0 radical (unpaired) electrons. The van der Waals surface area contributed by atoms with E-state index in [1.165, 1.54) is 24.4 Å². The van der Waals surface area contributed by atoms with Crippen LogP contribution in [0, 0.1) is 32.4 Å². The van der Waals surface area contributed by atoms with Gasteiger partial charge in [-0.2, -0.15) is 0 Å². The first-order chi connectivity index (χ1) is 22.4. The molecule has 2 aliphatic rings. The number of nitrogens with zero attached hydrogens (tertiary/aromatic N) is 2. The summed E-state index contributed by atoms with van der Waals surface area (Å²) in [6.07, 6.45) is 0.338. The van der Waals surface area contributed by atoms with Gasteiger partial charge in [-0.25, -0.2) is 13.2 Å². The molecule has 0 spiro atoms. The van der Waals surface area contributed by atoms with Gasteiger partial charge in [0.25, 0.3) is 5.56 Å². The zero-order valence-corrected chi connectivity index (χ0v) is 26.1. The van der Waals surface area contributed by atoms with E-state index in [1.54, 1.807) is 38.1 Å². The second kappa shape index (κ2) is 12.7. The maximum absolute atomic E-state index is 15.9. The molecule has 4 aromatic rings. The van der Waals surface area contributed by atoms with Crippen molar-refractivity contribution < 1.29 is 32.6 Å². The predicted molar refractivity (Wildman–Crippen MR) is 170 cm³/mol. The molecule has 244 valence electrons. The van der Waals surface area contributed by atoms with Crippen molar-refractivity contribution in [3.63, 3.8) is 0 Å². The summed E-state index contributed by atoms with van der Waals surface area (Å²) in [4.78, 5) is 42.0. The van der Waals surface area contributed by atoms with Gasteiger partial charge in [-0.05, 0) is 91.9 Å². The fourth-order valence-electron chi connectivity index (χ4n) is 6.42. The molecule has 8 nitrogen and oxygen atoms in total. The molecule has 4 bridgehead atoms. The number of carbonyl (C=O) groups excluding carboxylic acids is 1. The Morgan fingerprint density at radius 3 is 2.47 bits per heavy atom. The van der Waals surface area contributed by atoms with E-state index in [0.29, 0.717) is 54.1 Å². The number of alkyl halides is 1. The summed E-state index contributed by atoms with van der Waals surface area (Å²) in [7, 11) is 0. The highest BCUT2D eigenvalue weighted by atomic mass is 19.1. The van der Waals surface area contributed by atoms with Crippen molar-refractivity contribution in [3.8, 4) is 22.6 Å². The number of likely N-dealkylation sites (tertiary alicyclic amines) is 1. The first kappa shape index (κ1) is 32.1. The lowest BCUT2D eigenvalue weighted by atomic mass is 9.92. The number of pyridine rings is 1. The molecule has 47 heavy (non-hydrogen) atoms. The van der Waals surface area contributed by atoms with Crippen molar-refractivity contribution in [1.29, 1.82) is 0 Å². The van der Waals surface area contributed by atoms with Gasteiger partial charge in [0, 0.05) is 48.1 Å². The van der Waals surface area contributed by atoms with Crippen LogP contribution in [0.25, 0.3) is 11.1 Å². The molecule has 3 heterocycles. The third kappa shape index (κ3) is 6.40. The maximum atomic E-state index is 15.9. The quantitative estimate of drug-likeness (QED) is 0.269. The number of rotatable bonds is 6. The molecule has 0 aliphatic carbocycles. The summed E-state index contributed by atoms with van der Waals surface area (Å²) in [6.45, 7) is 6.11. The number of halogens is 3. The van der Waals surface area contributed by atoms with Gasteiger partial charge >= 0.3 is 5.97 Å². The standard InChI is InChI=1S/C36H34F3N3O5/c1-19-5-4-6-30-32(19)23-12-20(2)33(39)27(13-23)29(15-31(43)44)40-35(45)34(26-14-25(47-30)7-8-28(26)38)42-16-22(11-21(3)36(42)46)9-10-41-17-24(37)18-41/h4-8,11-14,16,24,29,34H,9-10,15,17-18H2,1-3H3,(H,40,45)(H,43,44)/t29-,34+/m1/s1. The number of aryl methyl sites for hydroxylation is 3. The number of carboxylic acids is 1. The molecular formula is C36H34F3N3O5. The molecule has 1 saturated heterocycles. The summed E-state index contributed by atoms with van der Waals surface area (Å²) >= 11 is 0.